The van der Waals surface area contributed by atoms with E-state index in [4.69, 9.17) is 10.5 Å². The summed E-state index contributed by atoms with van der Waals surface area (Å²) >= 11 is 0. The van der Waals surface area contributed by atoms with Gasteiger partial charge in [-0.3, -0.25) is 0 Å². The highest BCUT2D eigenvalue weighted by Crippen LogP contribution is 2.66. The molecule has 0 aromatic rings. The van der Waals surface area contributed by atoms with Crippen LogP contribution in [0.15, 0.2) is 0 Å². The Morgan fingerprint density at radius 3 is 2.59 bits per heavy atom. The highest BCUT2D eigenvalue weighted by atomic mass is 16.5. The summed E-state index contributed by atoms with van der Waals surface area (Å²) in [6, 6.07) is 0. The predicted octanol–water partition coefficient (Wildman–Crippen LogP) is 1.77. The Labute approximate surface area is 105 Å². The standard InChI is InChI=1S/C14H28N2O/c1-13(2)11-4-5-14(13,3)12(10-11)17-9-8-16-7-6-15/h11-12,16H,4-10,15H2,1-3H3/t11-,12-,14+/m0/s1. The molecule has 3 nitrogen and oxygen atoms in total. The average molecular weight is 240 g/mol. The van der Waals surface area contributed by atoms with Gasteiger partial charge in [-0.1, -0.05) is 20.8 Å². The molecule has 0 aliphatic heterocycles. The second-order valence-corrected chi connectivity index (χ2v) is 6.51. The van der Waals surface area contributed by atoms with Crippen molar-refractivity contribution in [3.8, 4) is 0 Å². The molecule has 2 fully saturated rings. The van der Waals surface area contributed by atoms with Gasteiger partial charge in [0.15, 0.2) is 0 Å². The first-order chi connectivity index (χ1) is 8.02. The molecule has 2 rings (SSSR count). The number of nitrogens with two attached hydrogens (primary N) is 1. The first-order valence-corrected chi connectivity index (χ1v) is 7.05. The van der Waals surface area contributed by atoms with Crippen molar-refractivity contribution in [2.45, 2.75) is 46.1 Å². The Bertz CT molecular complexity index is 267. The number of ether oxygens (including phenoxy) is 1. The van der Waals surface area contributed by atoms with E-state index in [9.17, 15) is 0 Å². The van der Waals surface area contributed by atoms with Gasteiger partial charge in [0.1, 0.15) is 0 Å². The Balaban J connectivity index is 1.80. The van der Waals surface area contributed by atoms with Gasteiger partial charge in [-0.2, -0.15) is 0 Å². The summed E-state index contributed by atoms with van der Waals surface area (Å²) in [7, 11) is 0. The van der Waals surface area contributed by atoms with Crippen molar-refractivity contribution in [2.75, 3.05) is 26.2 Å². The maximum Gasteiger partial charge on any atom is 0.0637 e. The van der Waals surface area contributed by atoms with Gasteiger partial charge in [0.2, 0.25) is 0 Å². The average Bonchev–Trinajstić information content (AvgIpc) is 2.61. The zero-order valence-corrected chi connectivity index (χ0v) is 11.6. The van der Waals surface area contributed by atoms with Crippen LogP contribution in [0, 0.1) is 16.7 Å². The van der Waals surface area contributed by atoms with Crippen LogP contribution in [0.5, 0.6) is 0 Å². The first kappa shape index (κ1) is 13.3. The van der Waals surface area contributed by atoms with Crippen LogP contribution in [-0.2, 0) is 4.74 Å². The third-order valence-electron chi connectivity index (χ3n) is 5.63. The zero-order valence-electron chi connectivity index (χ0n) is 11.6. The molecule has 0 spiro atoms. The van der Waals surface area contributed by atoms with Gasteiger partial charge in [-0.15, -0.1) is 0 Å². The van der Waals surface area contributed by atoms with Crippen molar-refractivity contribution in [1.82, 2.24) is 5.32 Å². The maximum absolute atomic E-state index is 6.12. The quantitative estimate of drug-likeness (QED) is 0.696. The molecule has 100 valence electrons. The van der Waals surface area contributed by atoms with Crippen LogP contribution in [0.2, 0.25) is 0 Å². The number of hydrogen-bond donors (Lipinski definition) is 2. The summed E-state index contributed by atoms with van der Waals surface area (Å²) in [4.78, 5) is 0. The SMILES string of the molecule is CC1(C)[C@H]2CC[C@]1(C)[C@@H](OCCNCCN)C2. The lowest BCUT2D eigenvalue weighted by atomic mass is 9.70. The molecule has 17 heavy (non-hydrogen) atoms. The van der Waals surface area contributed by atoms with Gasteiger partial charge >= 0.3 is 0 Å². The minimum atomic E-state index is 0.394. The van der Waals surface area contributed by atoms with E-state index in [1.165, 1.54) is 19.3 Å². The van der Waals surface area contributed by atoms with E-state index in [2.05, 4.69) is 26.1 Å². The lowest BCUT2D eigenvalue weighted by molar-refractivity contribution is -0.0449. The predicted molar refractivity (Wildman–Crippen MR) is 70.9 cm³/mol. The smallest absolute Gasteiger partial charge is 0.0637 e. The molecular formula is C14H28N2O. The minimum Gasteiger partial charge on any atom is -0.376 e. The third kappa shape index (κ3) is 2.13. The van der Waals surface area contributed by atoms with Crippen molar-refractivity contribution in [3.05, 3.63) is 0 Å². The normalized spacial score (nSPS) is 38.8. The van der Waals surface area contributed by atoms with E-state index in [1.807, 2.05) is 0 Å². The molecule has 2 bridgehead atoms. The van der Waals surface area contributed by atoms with E-state index < -0.39 is 0 Å². The number of nitrogens with one attached hydrogen (secondary N) is 1. The van der Waals surface area contributed by atoms with Crippen molar-refractivity contribution in [1.29, 1.82) is 0 Å². The summed E-state index contributed by atoms with van der Waals surface area (Å²) in [6.45, 7) is 10.6. The van der Waals surface area contributed by atoms with Gasteiger partial charge in [-0.05, 0) is 36.0 Å². The fraction of sp³-hybridized carbons (Fsp3) is 1.00. The van der Waals surface area contributed by atoms with Crippen LogP contribution in [0.1, 0.15) is 40.0 Å². The van der Waals surface area contributed by atoms with E-state index in [1.54, 1.807) is 0 Å². The van der Waals surface area contributed by atoms with Crippen LogP contribution >= 0.6 is 0 Å². The van der Waals surface area contributed by atoms with Gasteiger partial charge in [0.05, 0.1) is 12.7 Å². The molecule has 0 aromatic heterocycles. The van der Waals surface area contributed by atoms with Gasteiger partial charge in [0, 0.05) is 19.6 Å². The van der Waals surface area contributed by atoms with Crippen LogP contribution in [0.25, 0.3) is 0 Å². The first-order valence-electron chi connectivity index (χ1n) is 7.05. The monoisotopic (exact) mass is 240 g/mol. The summed E-state index contributed by atoms with van der Waals surface area (Å²) in [6.07, 6.45) is 4.47. The molecule has 0 unspecified atom stereocenters. The van der Waals surface area contributed by atoms with Crippen molar-refractivity contribution < 1.29 is 4.74 Å². The minimum absolute atomic E-state index is 0.394. The molecule has 0 amide bonds. The lowest BCUT2D eigenvalue weighted by Gasteiger charge is -2.38. The van der Waals surface area contributed by atoms with Crippen molar-refractivity contribution >= 4 is 0 Å². The van der Waals surface area contributed by atoms with Crippen molar-refractivity contribution in [3.63, 3.8) is 0 Å². The molecule has 0 radical (unpaired) electrons. The fourth-order valence-corrected chi connectivity index (χ4v) is 3.88. The Morgan fingerprint density at radius 1 is 1.29 bits per heavy atom. The molecule has 2 aliphatic rings. The molecule has 0 saturated heterocycles. The zero-order chi connectivity index (χ0) is 12.5. The van der Waals surface area contributed by atoms with E-state index in [-0.39, 0.29) is 0 Å². The molecule has 3 atom stereocenters. The molecule has 0 aromatic carbocycles. The fourth-order valence-electron chi connectivity index (χ4n) is 3.88. The largest absolute Gasteiger partial charge is 0.376 e. The summed E-state index contributed by atoms with van der Waals surface area (Å²) in [5.74, 6) is 0.870. The van der Waals surface area contributed by atoms with Gasteiger partial charge in [-0.25, -0.2) is 0 Å². The molecule has 3 N–H and O–H groups in total. The van der Waals surface area contributed by atoms with Crippen LogP contribution in [0.3, 0.4) is 0 Å². The van der Waals surface area contributed by atoms with Gasteiger partial charge in [0.25, 0.3) is 0 Å². The van der Waals surface area contributed by atoms with Crippen LogP contribution in [-0.4, -0.2) is 32.3 Å². The number of rotatable bonds is 6. The van der Waals surface area contributed by atoms with Crippen molar-refractivity contribution in [2.24, 2.45) is 22.5 Å². The molecule has 3 heteroatoms. The van der Waals surface area contributed by atoms with E-state index in [0.717, 1.165) is 25.6 Å². The van der Waals surface area contributed by atoms with Crippen LogP contribution < -0.4 is 11.1 Å². The molecule has 2 aliphatic carbocycles. The maximum atomic E-state index is 6.12. The Hall–Kier alpha value is -0.120. The third-order valence-corrected chi connectivity index (χ3v) is 5.63. The van der Waals surface area contributed by atoms with E-state index in [0.29, 0.717) is 23.5 Å². The summed E-state index contributed by atoms with van der Waals surface area (Å²) < 4.78 is 6.12. The molecule has 0 heterocycles. The highest BCUT2D eigenvalue weighted by Gasteiger charge is 2.61. The summed E-state index contributed by atoms with van der Waals surface area (Å²) in [5.41, 5.74) is 6.29. The van der Waals surface area contributed by atoms with Crippen LogP contribution in [0.4, 0.5) is 0 Å². The lowest BCUT2D eigenvalue weighted by Crippen LogP contribution is -2.38. The second-order valence-electron chi connectivity index (χ2n) is 6.51. The summed E-state index contributed by atoms with van der Waals surface area (Å²) in [5, 5.41) is 3.29. The van der Waals surface area contributed by atoms with Gasteiger partial charge < -0.3 is 15.8 Å². The molecule has 2 saturated carbocycles. The highest BCUT2D eigenvalue weighted by molar-refractivity contribution is 5.11. The molecular weight excluding hydrogens is 212 g/mol. The number of hydrogen-bond acceptors (Lipinski definition) is 3. The topological polar surface area (TPSA) is 47.3 Å². The number of fused-ring (bicyclic) bond motifs is 2. The Kier molecular flexibility index (Phi) is 3.81. The second kappa shape index (κ2) is 4.87. The Morgan fingerprint density at radius 2 is 2.06 bits per heavy atom. The van der Waals surface area contributed by atoms with E-state index >= 15 is 0 Å².